The molecule has 122 valence electrons. The Kier molecular flexibility index (Phi) is 4.85. The average Bonchev–Trinajstić information content (AvgIpc) is 2.36. The number of hydrogen-bond donors (Lipinski definition) is 3. The Bertz CT molecular complexity index is 542. The first-order chi connectivity index (χ1) is 10.2. The molecule has 1 heterocycles. The molecule has 0 aliphatic heterocycles. The number of amides is 1. The lowest BCUT2D eigenvalue weighted by Crippen LogP contribution is -2.31. The van der Waals surface area contributed by atoms with E-state index in [0.29, 0.717) is 12.2 Å². The SMILES string of the molecule is CC(C)(C)Oc1ncc(C(N)=O)c(NC2CCCC(O)C2)n1. The fraction of sp³-hybridized carbons (Fsp3) is 0.667. The number of hydrogen-bond acceptors (Lipinski definition) is 6. The van der Waals surface area contributed by atoms with Gasteiger partial charge in [-0.15, -0.1) is 0 Å². The first-order valence-corrected chi connectivity index (χ1v) is 7.55. The number of rotatable bonds is 4. The third-order valence-corrected chi connectivity index (χ3v) is 3.42. The van der Waals surface area contributed by atoms with E-state index in [9.17, 15) is 9.90 Å². The van der Waals surface area contributed by atoms with Gasteiger partial charge in [-0.05, 0) is 46.5 Å². The second-order valence-electron chi connectivity index (χ2n) is 6.66. The largest absolute Gasteiger partial charge is 0.458 e. The Balaban J connectivity index is 2.21. The molecule has 1 aromatic heterocycles. The van der Waals surface area contributed by atoms with Crippen molar-refractivity contribution in [1.29, 1.82) is 0 Å². The predicted octanol–water partition coefficient (Wildman–Crippen LogP) is 1.47. The maximum Gasteiger partial charge on any atom is 0.318 e. The molecule has 1 amide bonds. The molecular weight excluding hydrogens is 284 g/mol. The van der Waals surface area contributed by atoms with Crippen LogP contribution >= 0.6 is 0 Å². The fourth-order valence-corrected chi connectivity index (χ4v) is 2.47. The quantitative estimate of drug-likeness (QED) is 0.777. The lowest BCUT2D eigenvalue weighted by molar-refractivity contribution is 0.0999. The summed E-state index contributed by atoms with van der Waals surface area (Å²) in [7, 11) is 0. The number of aromatic nitrogens is 2. The van der Waals surface area contributed by atoms with Crippen molar-refractivity contribution in [2.75, 3.05) is 5.32 Å². The molecular formula is C15H24N4O3. The third kappa shape index (κ3) is 4.56. The molecule has 4 N–H and O–H groups in total. The molecule has 22 heavy (non-hydrogen) atoms. The van der Waals surface area contributed by atoms with Crippen molar-refractivity contribution in [3.63, 3.8) is 0 Å². The Hall–Kier alpha value is -1.89. The van der Waals surface area contributed by atoms with E-state index in [1.54, 1.807) is 0 Å². The normalized spacial score (nSPS) is 22.2. The molecule has 0 spiro atoms. The molecule has 2 rings (SSSR count). The van der Waals surface area contributed by atoms with Gasteiger partial charge in [-0.2, -0.15) is 4.98 Å². The summed E-state index contributed by atoms with van der Waals surface area (Å²) in [4.78, 5) is 19.8. The van der Waals surface area contributed by atoms with Gasteiger partial charge in [0.1, 0.15) is 17.0 Å². The van der Waals surface area contributed by atoms with Crippen LogP contribution in [0.15, 0.2) is 6.20 Å². The van der Waals surface area contributed by atoms with Crippen molar-refractivity contribution < 1.29 is 14.6 Å². The molecule has 0 saturated heterocycles. The van der Waals surface area contributed by atoms with Gasteiger partial charge in [0.25, 0.3) is 5.91 Å². The molecule has 1 saturated carbocycles. The van der Waals surface area contributed by atoms with E-state index in [2.05, 4.69) is 15.3 Å². The third-order valence-electron chi connectivity index (χ3n) is 3.42. The first-order valence-electron chi connectivity index (χ1n) is 7.55. The minimum absolute atomic E-state index is 0.0548. The van der Waals surface area contributed by atoms with Gasteiger partial charge < -0.3 is 20.9 Å². The zero-order chi connectivity index (χ0) is 16.3. The summed E-state index contributed by atoms with van der Waals surface area (Å²) < 4.78 is 5.62. The minimum atomic E-state index is -0.596. The highest BCUT2D eigenvalue weighted by Gasteiger charge is 2.23. The first kappa shape index (κ1) is 16.5. The Morgan fingerprint density at radius 3 is 2.77 bits per heavy atom. The monoisotopic (exact) mass is 308 g/mol. The molecule has 7 nitrogen and oxygen atoms in total. The van der Waals surface area contributed by atoms with Crippen LogP contribution in [0.25, 0.3) is 0 Å². The standard InChI is InChI=1S/C15H24N4O3/c1-15(2,3)22-14-17-8-11(12(16)21)13(19-14)18-9-5-4-6-10(20)7-9/h8-10,20H,4-7H2,1-3H3,(H2,16,21)(H,17,18,19). The van der Waals surface area contributed by atoms with Crippen LogP contribution in [0, 0.1) is 0 Å². The zero-order valence-electron chi connectivity index (χ0n) is 13.3. The number of primary amides is 1. The van der Waals surface area contributed by atoms with E-state index in [0.717, 1.165) is 19.3 Å². The van der Waals surface area contributed by atoms with Crippen molar-refractivity contribution in [3.05, 3.63) is 11.8 Å². The van der Waals surface area contributed by atoms with Crippen molar-refractivity contribution in [2.24, 2.45) is 5.73 Å². The lowest BCUT2D eigenvalue weighted by Gasteiger charge is -2.27. The summed E-state index contributed by atoms with van der Waals surface area (Å²) in [5, 5.41) is 12.9. The molecule has 0 radical (unpaired) electrons. The summed E-state index contributed by atoms with van der Waals surface area (Å²) in [6, 6.07) is 0.246. The zero-order valence-corrected chi connectivity index (χ0v) is 13.3. The van der Waals surface area contributed by atoms with Gasteiger partial charge in [-0.1, -0.05) is 0 Å². The Morgan fingerprint density at radius 1 is 1.45 bits per heavy atom. The number of nitrogens with one attached hydrogen (secondary N) is 1. The second kappa shape index (κ2) is 6.48. The lowest BCUT2D eigenvalue weighted by atomic mass is 9.93. The fourth-order valence-electron chi connectivity index (χ4n) is 2.47. The molecule has 2 atom stereocenters. The number of aliphatic hydroxyl groups is 1. The van der Waals surface area contributed by atoms with E-state index in [-0.39, 0.29) is 23.7 Å². The van der Waals surface area contributed by atoms with E-state index in [4.69, 9.17) is 10.5 Å². The Morgan fingerprint density at radius 2 is 2.18 bits per heavy atom. The average molecular weight is 308 g/mol. The van der Waals surface area contributed by atoms with Crippen LogP contribution in [-0.2, 0) is 0 Å². The van der Waals surface area contributed by atoms with E-state index in [1.165, 1.54) is 6.20 Å². The minimum Gasteiger partial charge on any atom is -0.458 e. The maximum atomic E-state index is 11.5. The van der Waals surface area contributed by atoms with Gasteiger partial charge in [-0.25, -0.2) is 4.98 Å². The van der Waals surface area contributed by atoms with Crippen LogP contribution in [0.5, 0.6) is 6.01 Å². The maximum absolute atomic E-state index is 11.5. The van der Waals surface area contributed by atoms with Gasteiger partial charge in [0.05, 0.1) is 6.10 Å². The summed E-state index contributed by atoms with van der Waals surface area (Å²) >= 11 is 0. The van der Waals surface area contributed by atoms with Crippen molar-refractivity contribution in [1.82, 2.24) is 9.97 Å². The second-order valence-corrected chi connectivity index (χ2v) is 6.66. The van der Waals surface area contributed by atoms with Crippen LogP contribution in [0.4, 0.5) is 5.82 Å². The van der Waals surface area contributed by atoms with Gasteiger partial charge in [-0.3, -0.25) is 4.79 Å². The molecule has 7 heteroatoms. The highest BCUT2D eigenvalue weighted by atomic mass is 16.5. The van der Waals surface area contributed by atoms with Crippen LogP contribution in [0.1, 0.15) is 56.8 Å². The number of nitrogens with zero attached hydrogens (tertiary/aromatic N) is 2. The van der Waals surface area contributed by atoms with Gasteiger partial charge in [0.15, 0.2) is 0 Å². The number of anilines is 1. The topological polar surface area (TPSA) is 110 Å². The van der Waals surface area contributed by atoms with Crippen LogP contribution in [0.3, 0.4) is 0 Å². The molecule has 1 aliphatic carbocycles. The number of aliphatic hydroxyl groups excluding tert-OH is 1. The summed E-state index contributed by atoms with van der Waals surface area (Å²) in [5.74, 6) is -0.234. The van der Waals surface area contributed by atoms with Gasteiger partial charge in [0, 0.05) is 12.2 Å². The summed E-state index contributed by atoms with van der Waals surface area (Å²) in [6.45, 7) is 5.68. The van der Waals surface area contributed by atoms with Crippen molar-refractivity contribution >= 4 is 11.7 Å². The van der Waals surface area contributed by atoms with Gasteiger partial charge >= 0.3 is 6.01 Å². The van der Waals surface area contributed by atoms with Gasteiger partial charge in [0.2, 0.25) is 0 Å². The summed E-state index contributed by atoms with van der Waals surface area (Å²) in [6.07, 6.45) is 4.32. The number of carbonyl (C=O) groups excluding carboxylic acids is 1. The predicted molar refractivity (Wildman–Crippen MR) is 82.8 cm³/mol. The number of nitrogens with two attached hydrogens (primary N) is 1. The highest BCUT2D eigenvalue weighted by molar-refractivity contribution is 5.97. The number of carbonyl (C=O) groups is 1. The molecule has 1 aliphatic rings. The molecule has 1 aromatic rings. The molecule has 0 aromatic carbocycles. The molecule has 2 unspecified atom stereocenters. The van der Waals surface area contributed by atoms with Crippen molar-refractivity contribution in [3.8, 4) is 6.01 Å². The van der Waals surface area contributed by atoms with Crippen LogP contribution in [0.2, 0.25) is 0 Å². The number of ether oxygens (including phenoxy) is 1. The molecule has 0 bridgehead atoms. The highest BCUT2D eigenvalue weighted by Crippen LogP contribution is 2.24. The smallest absolute Gasteiger partial charge is 0.318 e. The van der Waals surface area contributed by atoms with Crippen molar-refractivity contribution in [2.45, 2.75) is 64.2 Å². The summed E-state index contributed by atoms with van der Waals surface area (Å²) in [5.41, 5.74) is 5.16. The Labute approximate surface area is 130 Å². The van der Waals surface area contributed by atoms with E-state index < -0.39 is 11.5 Å². The van der Waals surface area contributed by atoms with Crippen LogP contribution in [-0.4, -0.2) is 38.7 Å². The van der Waals surface area contributed by atoms with E-state index in [1.807, 2.05) is 20.8 Å². The van der Waals surface area contributed by atoms with Crippen LogP contribution < -0.4 is 15.8 Å². The van der Waals surface area contributed by atoms with E-state index >= 15 is 0 Å². The molecule has 1 fully saturated rings.